The Morgan fingerprint density at radius 3 is 2.79 bits per heavy atom. The average molecular weight is 344 g/mol. The van der Waals surface area contributed by atoms with Crippen LogP contribution in [0.15, 0.2) is 23.1 Å². The van der Waals surface area contributed by atoms with E-state index in [1.807, 2.05) is 17.9 Å². The van der Waals surface area contributed by atoms with Gasteiger partial charge in [-0.1, -0.05) is 0 Å². The van der Waals surface area contributed by atoms with Gasteiger partial charge in [0.05, 0.1) is 23.7 Å². The van der Waals surface area contributed by atoms with E-state index in [1.165, 1.54) is 12.8 Å². The van der Waals surface area contributed by atoms with E-state index in [9.17, 15) is 9.59 Å². The molecule has 2 fully saturated rings. The molecule has 7 heteroatoms. The topological polar surface area (TPSA) is 68.1 Å². The molecule has 0 radical (unpaired) electrons. The first-order valence-electron chi connectivity index (χ1n) is 8.35. The molecule has 6 nitrogen and oxygen atoms in total. The summed E-state index contributed by atoms with van der Waals surface area (Å²) in [6.07, 6.45) is 4.55. The van der Waals surface area contributed by atoms with Crippen LogP contribution in [0.2, 0.25) is 0 Å². The first-order valence-corrected chi connectivity index (χ1v) is 9.17. The van der Waals surface area contributed by atoms with Crippen molar-refractivity contribution in [3.05, 3.63) is 44.3 Å². The molecular weight excluding hydrogens is 324 g/mol. The van der Waals surface area contributed by atoms with Gasteiger partial charge in [-0.2, -0.15) is 5.10 Å². The van der Waals surface area contributed by atoms with Gasteiger partial charge in [0.1, 0.15) is 0 Å². The second-order valence-electron chi connectivity index (χ2n) is 6.74. The van der Waals surface area contributed by atoms with Gasteiger partial charge in [0.25, 0.3) is 5.56 Å². The lowest BCUT2D eigenvalue weighted by atomic mass is 9.99. The lowest BCUT2D eigenvalue weighted by molar-refractivity contribution is -0.137. The number of carbonyl (C=O) groups is 1. The Morgan fingerprint density at radius 1 is 1.33 bits per heavy atom. The molecule has 0 bridgehead atoms. The Balaban J connectivity index is 1.32. The molecule has 1 amide bonds. The van der Waals surface area contributed by atoms with E-state index >= 15 is 0 Å². The maximum absolute atomic E-state index is 12.2. The first-order chi connectivity index (χ1) is 11.6. The molecule has 0 unspecified atom stereocenters. The number of thiazole rings is 1. The van der Waals surface area contributed by atoms with Crippen LogP contribution in [0, 0.1) is 12.8 Å². The van der Waals surface area contributed by atoms with E-state index in [0.717, 1.165) is 15.6 Å². The smallest absolute Gasteiger partial charge is 0.266 e. The van der Waals surface area contributed by atoms with Crippen molar-refractivity contribution in [2.24, 2.45) is 5.92 Å². The van der Waals surface area contributed by atoms with E-state index in [-0.39, 0.29) is 11.5 Å². The van der Waals surface area contributed by atoms with Gasteiger partial charge >= 0.3 is 0 Å². The van der Waals surface area contributed by atoms with Crippen molar-refractivity contribution in [3.63, 3.8) is 0 Å². The van der Waals surface area contributed by atoms with Gasteiger partial charge < -0.3 is 4.90 Å². The minimum Gasteiger partial charge on any atom is -0.342 e. The number of carbonyl (C=O) groups excluding carboxylic acids is 1. The van der Waals surface area contributed by atoms with Crippen molar-refractivity contribution in [2.75, 3.05) is 13.1 Å². The maximum Gasteiger partial charge on any atom is 0.266 e. The van der Waals surface area contributed by atoms with Crippen LogP contribution in [0.4, 0.5) is 0 Å². The Hall–Kier alpha value is -2.02. The summed E-state index contributed by atoms with van der Waals surface area (Å²) in [4.78, 5) is 31.3. The second kappa shape index (κ2) is 6.12. The number of aromatic nitrogens is 3. The SMILES string of the molecule is Cc1ncc(CC(=O)N2CC(Cn3nc(C4CC4)ccc3=O)C2)s1. The van der Waals surface area contributed by atoms with E-state index in [0.29, 0.717) is 37.9 Å². The number of rotatable bonds is 5. The Labute approximate surface area is 144 Å². The molecule has 0 N–H and O–H groups in total. The molecular formula is C17H20N4O2S. The van der Waals surface area contributed by atoms with Gasteiger partial charge in [-0.05, 0) is 25.8 Å². The maximum atomic E-state index is 12.2. The molecule has 2 aromatic heterocycles. The Kier molecular flexibility index (Phi) is 3.96. The second-order valence-corrected chi connectivity index (χ2v) is 8.06. The van der Waals surface area contributed by atoms with Gasteiger partial charge in [-0.3, -0.25) is 9.59 Å². The summed E-state index contributed by atoms with van der Waals surface area (Å²) in [5, 5.41) is 5.48. The molecule has 1 aliphatic heterocycles. The third-order valence-corrected chi connectivity index (χ3v) is 5.53. The number of hydrogen-bond donors (Lipinski definition) is 0. The van der Waals surface area contributed by atoms with Gasteiger partial charge in [-0.15, -0.1) is 11.3 Å². The van der Waals surface area contributed by atoms with E-state index < -0.39 is 0 Å². The molecule has 1 saturated heterocycles. The molecule has 4 rings (SSSR count). The summed E-state index contributed by atoms with van der Waals surface area (Å²) in [7, 11) is 0. The molecule has 2 aliphatic rings. The third kappa shape index (κ3) is 3.26. The number of hydrogen-bond acceptors (Lipinski definition) is 5. The zero-order valence-corrected chi connectivity index (χ0v) is 14.5. The predicted octanol–water partition coefficient (Wildman–Crippen LogP) is 1.59. The number of aryl methyl sites for hydroxylation is 1. The van der Waals surface area contributed by atoms with Gasteiger partial charge in [-0.25, -0.2) is 9.67 Å². The molecule has 24 heavy (non-hydrogen) atoms. The average Bonchev–Trinajstić information content (AvgIpc) is 3.27. The summed E-state index contributed by atoms with van der Waals surface area (Å²) in [6, 6.07) is 3.47. The fourth-order valence-corrected chi connectivity index (χ4v) is 3.86. The largest absolute Gasteiger partial charge is 0.342 e. The van der Waals surface area contributed by atoms with Crippen LogP contribution in [0.5, 0.6) is 0 Å². The standard InChI is InChI=1S/C17H20N4O2S/c1-11-18-7-14(24-11)6-17(23)20-8-12(9-20)10-21-16(22)5-4-15(19-21)13-2-3-13/h4-5,7,12-13H,2-3,6,8-10H2,1H3. The van der Waals surface area contributed by atoms with Crippen molar-refractivity contribution >= 4 is 17.2 Å². The fraction of sp³-hybridized carbons (Fsp3) is 0.529. The summed E-state index contributed by atoms with van der Waals surface area (Å²) in [5.74, 6) is 0.998. The summed E-state index contributed by atoms with van der Waals surface area (Å²) in [6.45, 7) is 3.96. The number of likely N-dealkylation sites (tertiary alicyclic amines) is 1. The van der Waals surface area contributed by atoms with E-state index in [2.05, 4.69) is 10.1 Å². The Morgan fingerprint density at radius 2 is 2.12 bits per heavy atom. The van der Waals surface area contributed by atoms with E-state index in [1.54, 1.807) is 28.3 Å². The molecule has 2 aromatic rings. The molecule has 3 heterocycles. The highest BCUT2D eigenvalue weighted by Crippen LogP contribution is 2.38. The molecule has 1 saturated carbocycles. The lowest BCUT2D eigenvalue weighted by Gasteiger charge is -2.39. The van der Waals surface area contributed by atoms with Crippen LogP contribution in [0.25, 0.3) is 0 Å². The third-order valence-electron chi connectivity index (χ3n) is 4.62. The van der Waals surface area contributed by atoms with E-state index in [4.69, 9.17) is 0 Å². The van der Waals surface area contributed by atoms with Crippen LogP contribution in [-0.2, 0) is 17.8 Å². The van der Waals surface area contributed by atoms with Crippen LogP contribution in [0.1, 0.15) is 34.3 Å². The zero-order valence-electron chi connectivity index (χ0n) is 13.6. The van der Waals surface area contributed by atoms with Crippen molar-refractivity contribution in [1.82, 2.24) is 19.7 Å². The van der Waals surface area contributed by atoms with Crippen molar-refractivity contribution < 1.29 is 4.79 Å². The molecule has 126 valence electrons. The molecule has 1 aliphatic carbocycles. The summed E-state index contributed by atoms with van der Waals surface area (Å²) < 4.78 is 1.58. The van der Waals surface area contributed by atoms with Crippen molar-refractivity contribution in [2.45, 2.75) is 38.6 Å². The highest BCUT2D eigenvalue weighted by atomic mass is 32.1. The number of amides is 1. The van der Waals surface area contributed by atoms with Gasteiger partial charge in [0.15, 0.2) is 0 Å². The normalized spacial score (nSPS) is 17.8. The minimum atomic E-state index is -0.0516. The lowest BCUT2D eigenvalue weighted by Crippen LogP contribution is -2.52. The molecule has 0 atom stereocenters. The summed E-state index contributed by atoms with van der Waals surface area (Å²) >= 11 is 1.57. The fourth-order valence-electron chi connectivity index (χ4n) is 3.07. The highest BCUT2D eigenvalue weighted by Gasteiger charge is 2.32. The van der Waals surface area contributed by atoms with Gasteiger partial charge in [0.2, 0.25) is 5.91 Å². The van der Waals surface area contributed by atoms with Crippen LogP contribution in [-0.4, -0.2) is 38.7 Å². The highest BCUT2D eigenvalue weighted by molar-refractivity contribution is 7.11. The predicted molar refractivity (Wildman–Crippen MR) is 91.1 cm³/mol. The van der Waals surface area contributed by atoms with Crippen LogP contribution >= 0.6 is 11.3 Å². The van der Waals surface area contributed by atoms with Gasteiger partial charge in [0, 0.05) is 42.1 Å². The monoisotopic (exact) mass is 344 g/mol. The van der Waals surface area contributed by atoms with Crippen LogP contribution in [0.3, 0.4) is 0 Å². The zero-order chi connectivity index (χ0) is 16.7. The minimum absolute atomic E-state index is 0.0516. The van der Waals surface area contributed by atoms with Crippen molar-refractivity contribution in [3.8, 4) is 0 Å². The molecule has 0 spiro atoms. The Bertz CT molecular complexity index is 818. The summed E-state index contributed by atoms with van der Waals surface area (Å²) in [5.41, 5.74) is 0.978. The number of nitrogens with zero attached hydrogens (tertiary/aromatic N) is 4. The molecule has 0 aromatic carbocycles. The van der Waals surface area contributed by atoms with Crippen molar-refractivity contribution in [1.29, 1.82) is 0 Å². The van der Waals surface area contributed by atoms with Crippen LogP contribution < -0.4 is 5.56 Å². The first kappa shape index (κ1) is 15.5. The quantitative estimate of drug-likeness (QED) is 0.826.